The van der Waals surface area contributed by atoms with Crippen molar-refractivity contribution in [1.82, 2.24) is 20.2 Å². The molecule has 258 valence electrons. The Bertz CT molecular complexity index is 1660. The maximum atomic E-state index is 16.0. The van der Waals surface area contributed by atoms with Gasteiger partial charge in [-0.1, -0.05) is 33.8 Å². The molecule has 5 rings (SSSR count). The van der Waals surface area contributed by atoms with Crippen LogP contribution in [-0.4, -0.2) is 69.3 Å². The van der Waals surface area contributed by atoms with Gasteiger partial charge < -0.3 is 24.4 Å². The lowest BCUT2D eigenvalue weighted by Crippen LogP contribution is -2.58. The topological polar surface area (TPSA) is 144 Å². The Labute approximate surface area is 279 Å². The summed E-state index contributed by atoms with van der Waals surface area (Å²) >= 11 is 0. The highest BCUT2D eigenvalue weighted by molar-refractivity contribution is 5.91. The molecule has 1 aliphatic carbocycles. The van der Waals surface area contributed by atoms with E-state index >= 15 is 8.78 Å². The zero-order valence-corrected chi connectivity index (χ0v) is 28.4. The third-order valence-electron chi connectivity index (χ3n) is 8.86. The number of nitriles is 1. The van der Waals surface area contributed by atoms with E-state index in [4.69, 9.17) is 14.2 Å². The number of alkyl carbamates (subject to hydrolysis) is 1. The number of fused-ring (bicyclic) bond motifs is 5. The van der Waals surface area contributed by atoms with Crippen LogP contribution < -0.4 is 10.1 Å². The van der Waals surface area contributed by atoms with Crippen molar-refractivity contribution >= 4 is 29.0 Å². The molecule has 1 aromatic heterocycles. The number of carbonyl (C=O) groups is 3. The van der Waals surface area contributed by atoms with Crippen molar-refractivity contribution < 1.29 is 37.4 Å². The minimum Gasteiger partial charge on any atom is -0.471 e. The van der Waals surface area contributed by atoms with Crippen LogP contribution in [0.2, 0.25) is 0 Å². The molecule has 1 unspecified atom stereocenters. The van der Waals surface area contributed by atoms with Crippen LogP contribution in [0.4, 0.5) is 13.6 Å². The Kier molecular flexibility index (Phi) is 9.43. The highest BCUT2D eigenvalue weighted by Crippen LogP contribution is 2.41. The molecule has 6 atom stereocenters. The SMILES string of the molecule is CC[C@@H]1[C@@H]2CN(C(=O)[C@H](C(C)(C)C)NC(=O)OC3C[C@H]3CC/C=C/C(F)(F)c3nc4ccc(C#N)cc4nc3O2)[C@@H]1C(=O)OC(C)(C)C. The number of nitrogens with zero attached hydrogens (tertiary/aromatic N) is 4. The van der Waals surface area contributed by atoms with Crippen LogP contribution in [0.25, 0.3) is 11.0 Å². The van der Waals surface area contributed by atoms with Gasteiger partial charge in [0.1, 0.15) is 29.9 Å². The average molecular weight is 668 g/mol. The Morgan fingerprint density at radius 3 is 2.50 bits per heavy atom. The summed E-state index contributed by atoms with van der Waals surface area (Å²) < 4.78 is 49.6. The van der Waals surface area contributed by atoms with Gasteiger partial charge in [-0.25, -0.2) is 19.6 Å². The second-order valence-electron chi connectivity index (χ2n) is 14.9. The molecule has 0 spiro atoms. The van der Waals surface area contributed by atoms with Crippen LogP contribution in [0, 0.1) is 28.6 Å². The zero-order valence-electron chi connectivity index (χ0n) is 28.4. The molecule has 2 bridgehead atoms. The van der Waals surface area contributed by atoms with Crippen molar-refractivity contribution in [2.24, 2.45) is 17.3 Å². The molecule has 3 heterocycles. The van der Waals surface area contributed by atoms with E-state index in [9.17, 15) is 19.6 Å². The highest BCUT2D eigenvalue weighted by Gasteiger charge is 2.53. The molecule has 2 aliphatic heterocycles. The standard InChI is InChI=1S/C35H43F2N5O6/c1-8-21-25-18-42(26(21)31(44)48-34(5,6)7)30(43)28(33(2,3)4)41-32(45)47-24-16-20(24)11-9-10-14-35(36,37)27-29(46-25)40-23-15-19(17-38)12-13-22(23)39-27/h10,12-15,20-21,24-26,28H,8-9,11,16,18H2,1-7H3,(H,41,45)/b14-10+/t20-,21-,24?,25+,26+,28-/m1/s1. The van der Waals surface area contributed by atoms with Crippen LogP contribution in [0.3, 0.4) is 0 Å². The summed E-state index contributed by atoms with van der Waals surface area (Å²) in [5, 5.41) is 12.2. The average Bonchev–Trinajstić information content (AvgIpc) is 3.61. The monoisotopic (exact) mass is 667 g/mol. The van der Waals surface area contributed by atoms with Crippen LogP contribution in [0.5, 0.6) is 5.88 Å². The molecular formula is C35H43F2N5O6. The number of rotatable bonds is 2. The molecule has 1 saturated carbocycles. The Balaban J connectivity index is 1.64. The van der Waals surface area contributed by atoms with Crippen molar-refractivity contribution in [3.63, 3.8) is 0 Å². The minimum atomic E-state index is -3.60. The van der Waals surface area contributed by atoms with Crippen molar-refractivity contribution in [3.05, 3.63) is 41.6 Å². The van der Waals surface area contributed by atoms with E-state index in [2.05, 4.69) is 15.3 Å². The molecule has 2 amide bonds. The molecule has 48 heavy (non-hydrogen) atoms. The third kappa shape index (κ3) is 7.53. The molecular weight excluding hydrogens is 624 g/mol. The van der Waals surface area contributed by atoms with Crippen LogP contribution in [0.1, 0.15) is 85.4 Å². The van der Waals surface area contributed by atoms with E-state index in [1.165, 1.54) is 29.2 Å². The lowest BCUT2D eigenvalue weighted by atomic mass is 9.85. The van der Waals surface area contributed by atoms with E-state index in [0.29, 0.717) is 25.7 Å². The molecule has 1 saturated heterocycles. The summed E-state index contributed by atoms with van der Waals surface area (Å²) in [6.45, 7) is 12.1. The second-order valence-corrected chi connectivity index (χ2v) is 14.9. The van der Waals surface area contributed by atoms with Gasteiger partial charge in [0.2, 0.25) is 11.8 Å². The lowest BCUT2D eigenvalue weighted by molar-refractivity contribution is -0.165. The van der Waals surface area contributed by atoms with Crippen LogP contribution >= 0.6 is 0 Å². The number of ether oxygens (including phenoxy) is 3. The largest absolute Gasteiger partial charge is 0.471 e. The zero-order chi connectivity index (χ0) is 35.2. The van der Waals surface area contributed by atoms with Gasteiger partial charge in [-0.3, -0.25) is 4.79 Å². The van der Waals surface area contributed by atoms with Gasteiger partial charge >= 0.3 is 18.0 Å². The number of alkyl halides is 2. The first-order valence-corrected chi connectivity index (χ1v) is 16.4. The van der Waals surface area contributed by atoms with Gasteiger partial charge in [0.15, 0.2) is 5.69 Å². The van der Waals surface area contributed by atoms with Gasteiger partial charge in [0.25, 0.3) is 0 Å². The second kappa shape index (κ2) is 12.9. The van der Waals surface area contributed by atoms with E-state index in [0.717, 1.165) is 6.08 Å². The highest BCUT2D eigenvalue weighted by atomic mass is 19.3. The van der Waals surface area contributed by atoms with Crippen molar-refractivity contribution in [1.29, 1.82) is 5.26 Å². The van der Waals surface area contributed by atoms with Gasteiger partial charge in [-0.05, 0) is 82.1 Å². The quantitative estimate of drug-likeness (QED) is 0.311. The maximum Gasteiger partial charge on any atom is 0.408 e. The fraction of sp³-hybridized carbons (Fsp3) is 0.600. The summed E-state index contributed by atoms with van der Waals surface area (Å²) in [6, 6.07) is 4.10. The molecule has 1 aromatic carbocycles. The molecule has 2 fully saturated rings. The van der Waals surface area contributed by atoms with Crippen molar-refractivity contribution in [2.45, 2.75) is 110 Å². The van der Waals surface area contributed by atoms with Crippen LogP contribution in [0.15, 0.2) is 30.4 Å². The van der Waals surface area contributed by atoms with Gasteiger partial charge in [0.05, 0.1) is 29.2 Å². The molecule has 2 aromatic rings. The molecule has 1 N–H and O–H groups in total. The van der Waals surface area contributed by atoms with E-state index in [-0.39, 0.29) is 29.1 Å². The lowest BCUT2D eigenvalue weighted by Gasteiger charge is -2.36. The maximum absolute atomic E-state index is 16.0. The molecule has 13 heteroatoms. The molecule has 11 nitrogen and oxygen atoms in total. The first-order valence-electron chi connectivity index (χ1n) is 16.4. The number of halogens is 2. The number of hydrogen-bond acceptors (Lipinski definition) is 9. The van der Waals surface area contributed by atoms with Crippen LogP contribution in [-0.2, 0) is 25.0 Å². The number of allylic oxidation sites excluding steroid dienone is 2. The van der Waals surface area contributed by atoms with Gasteiger partial charge in [-0.2, -0.15) is 14.0 Å². The predicted octanol–water partition coefficient (Wildman–Crippen LogP) is 5.80. The first kappa shape index (κ1) is 35.0. The Morgan fingerprint density at radius 1 is 1.12 bits per heavy atom. The summed E-state index contributed by atoms with van der Waals surface area (Å²) in [6.07, 6.45) is 1.69. The molecule has 0 radical (unpaired) electrons. The van der Waals surface area contributed by atoms with Crippen molar-refractivity contribution in [2.75, 3.05) is 6.54 Å². The van der Waals surface area contributed by atoms with E-state index < -0.39 is 76.7 Å². The molecule has 3 aliphatic rings. The van der Waals surface area contributed by atoms with E-state index in [1.807, 2.05) is 6.07 Å². The van der Waals surface area contributed by atoms with E-state index in [1.54, 1.807) is 48.5 Å². The minimum absolute atomic E-state index is 0.00780. The number of nitrogens with one attached hydrogen (secondary N) is 1. The number of hydrogen-bond donors (Lipinski definition) is 1. The Morgan fingerprint density at radius 2 is 1.85 bits per heavy atom. The number of benzene rings is 1. The normalized spacial score (nSPS) is 28.4. The third-order valence-corrected chi connectivity index (χ3v) is 8.86. The van der Waals surface area contributed by atoms with Crippen molar-refractivity contribution in [3.8, 4) is 11.9 Å². The fourth-order valence-corrected chi connectivity index (χ4v) is 6.32. The first-order chi connectivity index (χ1) is 22.4. The summed E-state index contributed by atoms with van der Waals surface area (Å²) in [4.78, 5) is 51.3. The number of aromatic nitrogens is 2. The number of esters is 1. The fourth-order valence-electron chi connectivity index (χ4n) is 6.32. The summed E-state index contributed by atoms with van der Waals surface area (Å²) in [7, 11) is 0. The number of amides is 2. The summed E-state index contributed by atoms with van der Waals surface area (Å²) in [5.74, 6) is -6.03. The summed E-state index contributed by atoms with van der Waals surface area (Å²) in [5.41, 5.74) is -1.84. The predicted molar refractivity (Wildman–Crippen MR) is 171 cm³/mol. The smallest absolute Gasteiger partial charge is 0.408 e. The van der Waals surface area contributed by atoms with Gasteiger partial charge in [-0.15, -0.1) is 0 Å². The number of carbonyl (C=O) groups excluding carboxylic acids is 3. The Hall–Kier alpha value is -4.34. The van der Waals surface area contributed by atoms with Gasteiger partial charge in [0, 0.05) is 5.92 Å².